The second-order valence-electron chi connectivity index (χ2n) is 9.64. The predicted molar refractivity (Wildman–Crippen MR) is 146 cm³/mol. The quantitative estimate of drug-likeness (QED) is 0.218. The first-order valence-electron chi connectivity index (χ1n) is 12.5. The summed E-state index contributed by atoms with van der Waals surface area (Å²) >= 11 is 4.78. The van der Waals surface area contributed by atoms with E-state index in [4.69, 9.17) is 37.1 Å². The molecule has 2 fully saturated rings. The van der Waals surface area contributed by atoms with Crippen LogP contribution in [0, 0.1) is 0 Å². The summed E-state index contributed by atoms with van der Waals surface area (Å²) in [6, 6.07) is -0.744. The number of carbonyl (C=O) groups excluding carboxylic acids is 1. The van der Waals surface area contributed by atoms with E-state index in [-0.39, 0.29) is 23.9 Å². The standard InChI is InChI=1S/C22H36N6O6P2S/c1-4-31-18-15-17(25-21(23)26-18)28(11-24-15)20-22(3,35)16(37)14(34-20)10-32-36(30)27-12(2)19(29)33-13-8-6-5-7-9-13/h11-14,16,20,36-37H,4-10,35H2,1-3H3,(H,27,30)(H2,23,25,26)/t12-,14?,16+,20+,22+/m0/s1. The third-order valence-electron chi connectivity index (χ3n) is 6.67. The van der Waals surface area contributed by atoms with Crippen LogP contribution < -0.4 is 15.6 Å². The molecule has 3 N–H and O–H groups in total. The highest BCUT2D eigenvalue weighted by molar-refractivity contribution is 7.81. The highest BCUT2D eigenvalue weighted by Gasteiger charge is 2.51. The van der Waals surface area contributed by atoms with Crippen LogP contribution in [0.25, 0.3) is 11.2 Å². The number of nitrogen functional groups attached to an aromatic ring is 1. The van der Waals surface area contributed by atoms with Gasteiger partial charge in [0.2, 0.25) is 11.8 Å². The molecule has 4 rings (SSSR count). The topological polar surface area (TPSA) is 153 Å². The molecule has 12 nitrogen and oxygen atoms in total. The molecular formula is C22H36N6O6P2S. The van der Waals surface area contributed by atoms with Crippen LogP contribution >= 0.6 is 30.0 Å². The molecule has 0 aromatic carbocycles. The van der Waals surface area contributed by atoms with Gasteiger partial charge < -0.3 is 24.5 Å². The number of ether oxygens (including phenoxy) is 3. The van der Waals surface area contributed by atoms with Gasteiger partial charge in [0.15, 0.2) is 11.2 Å². The van der Waals surface area contributed by atoms with Crippen molar-refractivity contribution in [3.8, 4) is 5.88 Å². The van der Waals surface area contributed by atoms with Gasteiger partial charge in [0, 0.05) is 10.4 Å². The molecule has 1 saturated heterocycles. The molecule has 0 bridgehead atoms. The molecule has 0 spiro atoms. The Kier molecular flexibility index (Phi) is 9.35. The first-order chi connectivity index (χ1) is 17.6. The van der Waals surface area contributed by atoms with Crippen molar-refractivity contribution in [1.82, 2.24) is 24.6 Å². The lowest BCUT2D eigenvalue weighted by Crippen LogP contribution is -2.36. The Balaban J connectivity index is 1.38. The van der Waals surface area contributed by atoms with Gasteiger partial charge in [-0.25, -0.2) is 10.1 Å². The molecule has 3 unspecified atom stereocenters. The second-order valence-corrected chi connectivity index (χ2v) is 12.6. The van der Waals surface area contributed by atoms with Gasteiger partial charge in [0.25, 0.3) is 8.18 Å². The number of carbonyl (C=O) groups is 1. The van der Waals surface area contributed by atoms with Gasteiger partial charge in [-0.3, -0.25) is 13.9 Å². The van der Waals surface area contributed by atoms with E-state index in [0.717, 1.165) is 25.7 Å². The van der Waals surface area contributed by atoms with Gasteiger partial charge in [-0.2, -0.15) is 22.6 Å². The van der Waals surface area contributed by atoms with Gasteiger partial charge in [-0.05, 0) is 39.5 Å². The number of thiol groups is 1. The highest BCUT2D eigenvalue weighted by atomic mass is 32.1. The van der Waals surface area contributed by atoms with Crippen LogP contribution in [0.4, 0.5) is 5.95 Å². The van der Waals surface area contributed by atoms with E-state index in [1.807, 2.05) is 13.8 Å². The Morgan fingerprint density at radius 3 is 2.84 bits per heavy atom. The fourth-order valence-corrected chi connectivity index (χ4v) is 6.24. The van der Waals surface area contributed by atoms with Gasteiger partial charge in [0.1, 0.15) is 18.4 Å². The van der Waals surface area contributed by atoms with Gasteiger partial charge in [-0.15, -0.1) is 9.24 Å². The molecule has 2 aromatic heterocycles. The number of fused-ring (bicyclic) bond motifs is 1. The Morgan fingerprint density at radius 1 is 1.41 bits per heavy atom. The summed E-state index contributed by atoms with van der Waals surface area (Å²) in [7, 11) is 0.0463. The minimum absolute atomic E-state index is 0.0117. The van der Waals surface area contributed by atoms with Gasteiger partial charge in [0.05, 0.1) is 25.6 Å². The maximum Gasteiger partial charge on any atom is 0.323 e. The summed E-state index contributed by atoms with van der Waals surface area (Å²) in [5.41, 5.74) is 6.84. The molecule has 206 valence electrons. The van der Waals surface area contributed by atoms with Crippen LogP contribution in [0.2, 0.25) is 0 Å². The zero-order chi connectivity index (χ0) is 26.7. The minimum Gasteiger partial charge on any atom is -0.476 e. The summed E-state index contributed by atoms with van der Waals surface area (Å²) < 4.78 is 37.3. The molecule has 7 atom stereocenters. The summed E-state index contributed by atoms with van der Waals surface area (Å²) in [5, 5.41) is 1.86. The lowest BCUT2D eigenvalue weighted by Gasteiger charge is -2.29. The average molecular weight is 575 g/mol. The van der Waals surface area contributed by atoms with E-state index in [0.29, 0.717) is 23.7 Å². The minimum atomic E-state index is -2.74. The number of nitrogens with two attached hydrogens (primary N) is 1. The number of esters is 1. The van der Waals surface area contributed by atoms with E-state index in [2.05, 4.69) is 29.3 Å². The molecule has 1 saturated carbocycles. The molecule has 1 aliphatic heterocycles. The summed E-state index contributed by atoms with van der Waals surface area (Å²) in [6.45, 7) is 5.86. The number of anilines is 1. The number of rotatable bonds is 10. The highest BCUT2D eigenvalue weighted by Crippen LogP contribution is 2.48. The van der Waals surface area contributed by atoms with Crippen molar-refractivity contribution >= 4 is 53.1 Å². The monoisotopic (exact) mass is 574 g/mol. The number of imidazole rings is 1. The summed E-state index contributed by atoms with van der Waals surface area (Å²) in [5.74, 6) is -0.0603. The van der Waals surface area contributed by atoms with Crippen molar-refractivity contribution in [2.75, 3.05) is 18.9 Å². The second kappa shape index (κ2) is 12.1. The van der Waals surface area contributed by atoms with Crippen LogP contribution in [-0.2, 0) is 23.4 Å². The van der Waals surface area contributed by atoms with Crippen LogP contribution in [-0.4, -0.2) is 67.4 Å². The van der Waals surface area contributed by atoms with Crippen molar-refractivity contribution in [3.05, 3.63) is 6.33 Å². The van der Waals surface area contributed by atoms with E-state index in [9.17, 15) is 9.36 Å². The number of nitrogens with one attached hydrogen (secondary N) is 1. The number of nitrogens with zero attached hydrogens (tertiary/aromatic N) is 4. The maximum atomic E-state index is 12.6. The van der Waals surface area contributed by atoms with E-state index in [1.165, 1.54) is 6.42 Å². The zero-order valence-electron chi connectivity index (χ0n) is 21.3. The molecule has 1 aliphatic carbocycles. The van der Waals surface area contributed by atoms with Crippen molar-refractivity contribution < 1.29 is 28.1 Å². The molecule has 0 amide bonds. The largest absolute Gasteiger partial charge is 0.476 e. The normalized spacial score (nSPS) is 28.3. The molecule has 37 heavy (non-hydrogen) atoms. The van der Waals surface area contributed by atoms with Crippen molar-refractivity contribution in [1.29, 1.82) is 0 Å². The van der Waals surface area contributed by atoms with Gasteiger partial charge >= 0.3 is 5.97 Å². The van der Waals surface area contributed by atoms with Crippen molar-refractivity contribution in [2.45, 2.75) is 87.8 Å². The third kappa shape index (κ3) is 6.40. The first kappa shape index (κ1) is 28.5. The average Bonchev–Trinajstić information content (AvgIpc) is 3.36. The van der Waals surface area contributed by atoms with Crippen molar-refractivity contribution in [2.24, 2.45) is 0 Å². The van der Waals surface area contributed by atoms with Crippen LogP contribution in [0.5, 0.6) is 5.88 Å². The molecule has 15 heteroatoms. The first-order valence-corrected chi connectivity index (χ1v) is 14.9. The summed E-state index contributed by atoms with van der Waals surface area (Å²) in [6.07, 6.45) is 5.53. The Morgan fingerprint density at radius 2 is 2.14 bits per heavy atom. The lowest BCUT2D eigenvalue weighted by molar-refractivity contribution is -0.152. The van der Waals surface area contributed by atoms with E-state index < -0.39 is 37.7 Å². The molecule has 2 aromatic rings. The Labute approximate surface area is 224 Å². The third-order valence-corrected chi connectivity index (χ3v) is 9.58. The van der Waals surface area contributed by atoms with Crippen LogP contribution in [0.3, 0.4) is 0 Å². The van der Waals surface area contributed by atoms with Gasteiger partial charge in [-0.1, -0.05) is 13.3 Å². The molecule has 0 radical (unpaired) electrons. The zero-order valence-corrected chi connectivity index (χ0v) is 24.3. The Hall–Kier alpha value is -1.49. The molecular weight excluding hydrogens is 538 g/mol. The fraction of sp³-hybridized carbons (Fsp3) is 0.727. The number of aromatic nitrogens is 4. The molecule has 2 aliphatic rings. The smallest absolute Gasteiger partial charge is 0.323 e. The summed E-state index contributed by atoms with van der Waals surface area (Å²) in [4.78, 5) is 25.3. The van der Waals surface area contributed by atoms with E-state index >= 15 is 0 Å². The fourth-order valence-electron chi connectivity index (χ4n) is 4.63. The van der Waals surface area contributed by atoms with Crippen LogP contribution in [0.1, 0.15) is 59.1 Å². The molecule has 3 heterocycles. The number of hydrogen-bond acceptors (Lipinski definition) is 11. The van der Waals surface area contributed by atoms with Crippen LogP contribution in [0.15, 0.2) is 6.33 Å². The van der Waals surface area contributed by atoms with E-state index in [1.54, 1.807) is 17.8 Å². The lowest BCUT2D eigenvalue weighted by atomic mass is 9.98. The Bertz CT molecular complexity index is 1130. The predicted octanol–water partition coefficient (Wildman–Crippen LogP) is 2.90. The number of hydrogen-bond donors (Lipinski definition) is 3. The van der Waals surface area contributed by atoms with Crippen molar-refractivity contribution in [3.63, 3.8) is 0 Å². The maximum absolute atomic E-state index is 12.6. The SMILES string of the molecule is CCOc1nc(N)nc2c1ncn2[C@@H]1OC(CO[PH](=O)N[C@@H](C)C(=O)OC2CCCCC2)[C@@H](S)[C@@]1(C)P.